The van der Waals surface area contributed by atoms with Crippen molar-refractivity contribution >= 4 is 51.8 Å². The summed E-state index contributed by atoms with van der Waals surface area (Å²) in [4.78, 5) is 16.5. The molecule has 2 aromatic carbocycles. The van der Waals surface area contributed by atoms with Gasteiger partial charge in [0.2, 0.25) is 5.91 Å². The number of hydrogen-bond donors (Lipinski definition) is 1. The van der Waals surface area contributed by atoms with Gasteiger partial charge in [0, 0.05) is 27.7 Å². The second kappa shape index (κ2) is 7.04. The number of aryl methyl sites for hydroxylation is 1. The van der Waals surface area contributed by atoms with E-state index < -0.39 is 0 Å². The molecule has 0 saturated carbocycles. The van der Waals surface area contributed by atoms with Gasteiger partial charge in [-0.05, 0) is 48.4 Å². The van der Waals surface area contributed by atoms with Crippen LogP contribution in [0.2, 0.25) is 10.0 Å². The van der Waals surface area contributed by atoms with Crippen LogP contribution in [0.15, 0.2) is 54.7 Å². The summed E-state index contributed by atoms with van der Waals surface area (Å²) >= 11 is 12.2. The summed E-state index contributed by atoms with van der Waals surface area (Å²) in [6.45, 7) is 1.90. The standard InChI is InChI=1S/C19H14Cl2N2O/c1-12-15(20)8-7-14-17(10-11-22-19(12)14)23-18(24)9-6-13-4-2-3-5-16(13)21/h2-11H,1H3,(H,22,23,24)/b9-6+. The van der Waals surface area contributed by atoms with Gasteiger partial charge >= 0.3 is 0 Å². The summed E-state index contributed by atoms with van der Waals surface area (Å²) in [5.74, 6) is -0.241. The summed E-state index contributed by atoms with van der Waals surface area (Å²) in [6.07, 6.45) is 4.79. The van der Waals surface area contributed by atoms with Crippen LogP contribution in [-0.2, 0) is 4.79 Å². The first-order valence-electron chi connectivity index (χ1n) is 7.33. The zero-order valence-electron chi connectivity index (χ0n) is 12.9. The van der Waals surface area contributed by atoms with E-state index in [1.54, 1.807) is 30.5 Å². The SMILES string of the molecule is Cc1c(Cl)ccc2c(NC(=O)/C=C/c3ccccc3Cl)ccnc12. The van der Waals surface area contributed by atoms with Crippen molar-refractivity contribution in [2.75, 3.05) is 5.32 Å². The summed E-state index contributed by atoms with van der Waals surface area (Å²) in [7, 11) is 0. The minimum Gasteiger partial charge on any atom is -0.322 e. The van der Waals surface area contributed by atoms with Gasteiger partial charge in [-0.25, -0.2) is 0 Å². The van der Waals surface area contributed by atoms with Crippen LogP contribution in [-0.4, -0.2) is 10.9 Å². The van der Waals surface area contributed by atoms with Crippen LogP contribution in [0.25, 0.3) is 17.0 Å². The molecule has 24 heavy (non-hydrogen) atoms. The van der Waals surface area contributed by atoms with Gasteiger partial charge in [0.1, 0.15) is 0 Å². The number of amides is 1. The zero-order chi connectivity index (χ0) is 17.1. The number of hydrogen-bond acceptors (Lipinski definition) is 2. The maximum absolute atomic E-state index is 12.2. The van der Waals surface area contributed by atoms with E-state index in [1.807, 2.05) is 31.2 Å². The molecule has 3 nitrogen and oxygen atoms in total. The molecule has 0 unspecified atom stereocenters. The van der Waals surface area contributed by atoms with E-state index in [0.717, 1.165) is 22.0 Å². The van der Waals surface area contributed by atoms with E-state index in [0.29, 0.717) is 15.7 Å². The van der Waals surface area contributed by atoms with Crippen molar-refractivity contribution in [1.29, 1.82) is 0 Å². The van der Waals surface area contributed by atoms with E-state index >= 15 is 0 Å². The molecule has 120 valence electrons. The predicted molar refractivity (Wildman–Crippen MR) is 101 cm³/mol. The Morgan fingerprint density at radius 1 is 1.08 bits per heavy atom. The number of fused-ring (bicyclic) bond motifs is 1. The first kappa shape index (κ1) is 16.5. The van der Waals surface area contributed by atoms with Gasteiger partial charge in [0.15, 0.2) is 0 Å². The summed E-state index contributed by atoms with van der Waals surface area (Å²) in [6, 6.07) is 12.8. The molecule has 1 heterocycles. The third-order valence-electron chi connectivity index (χ3n) is 3.68. The molecule has 0 saturated heterocycles. The van der Waals surface area contributed by atoms with Gasteiger partial charge in [-0.2, -0.15) is 0 Å². The third kappa shape index (κ3) is 3.42. The van der Waals surface area contributed by atoms with E-state index in [9.17, 15) is 4.79 Å². The largest absolute Gasteiger partial charge is 0.322 e. The van der Waals surface area contributed by atoms with Gasteiger partial charge in [0.25, 0.3) is 0 Å². The molecular formula is C19H14Cl2N2O. The van der Waals surface area contributed by atoms with Gasteiger partial charge in [-0.1, -0.05) is 41.4 Å². The molecule has 1 aromatic heterocycles. The molecule has 1 N–H and O–H groups in total. The normalized spacial score (nSPS) is 11.1. The maximum atomic E-state index is 12.2. The molecule has 0 bridgehead atoms. The van der Waals surface area contributed by atoms with Crippen LogP contribution in [0, 0.1) is 6.92 Å². The molecule has 0 aliphatic rings. The zero-order valence-corrected chi connectivity index (χ0v) is 14.4. The summed E-state index contributed by atoms with van der Waals surface area (Å²) in [5, 5.41) is 4.96. The van der Waals surface area contributed by atoms with Crippen LogP contribution < -0.4 is 5.32 Å². The molecule has 0 fully saturated rings. The number of anilines is 1. The molecule has 3 aromatic rings. The fourth-order valence-corrected chi connectivity index (χ4v) is 2.75. The average molecular weight is 357 g/mol. The molecule has 5 heteroatoms. The number of benzene rings is 2. The fourth-order valence-electron chi connectivity index (χ4n) is 2.39. The highest BCUT2D eigenvalue weighted by molar-refractivity contribution is 6.32. The minimum absolute atomic E-state index is 0.241. The Morgan fingerprint density at radius 2 is 1.88 bits per heavy atom. The Bertz CT molecular complexity index is 951. The van der Waals surface area contributed by atoms with E-state index in [2.05, 4.69) is 10.3 Å². The van der Waals surface area contributed by atoms with Crippen LogP contribution in [0.4, 0.5) is 5.69 Å². The first-order valence-corrected chi connectivity index (χ1v) is 8.09. The molecule has 0 spiro atoms. The summed E-state index contributed by atoms with van der Waals surface area (Å²) in [5.41, 5.74) is 3.14. The third-order valence-corrected chi connectivity index (χ3v) is 4.43. The Hall–Kier alpha value is -2.36. The molecule has 0 radical (unpaired) electrons. The number of carbonyl (C=O) groups is 1. The highest BCUT2D eigenvalue weighted by atomic mass is 35.5. The first-order chi connectivity index (χ1) is 11.6. The van der Waals surface area contributed by atoms with Gasteiger partial charge in [-0.15, -0.1) is 0 Å². The monoisotopic (exact) mass is 356 g/mol. The smallest absolute Gasteiger partial charge is 0.248 e. The minimum atomic E-state index is -0.241. The van der Waals surface area contributed by atoms with E-state index in [4.69, 9.17) is 23.2 Å². The van der Waals surface area contributed by atoms with Gasteiger partial charge in [-0.3, -0.25) is 9.78 Å². The lowest BCUT2D eigenvalue weighted by Gasteiger charge is -2.09. The number of aromatic nitrogens is 1. The van der Waals surface area contributed by atoms with E-state index in [-0.39, 0.29) is 5.91 Å². The van der Waals surface area contributed by atoms with Crippen molar-refractivity contribution in [2.24, 2.45) is 0 Å². The number of nitrogens with one attached hydrogen (secondary N) is 1. The predicted octanol–water partition coefficient (Wildman–Crippen LogP) is 5.50. The van der Waals surface area contributed by atoms with Crippen molar-refractivity contribution < 1.29 is 4.79 Å². The number of halogens is 2. The van der Waals surface area contributed by atoms with E-state index in [1.165, 1.54) is 6.08 Å². The van der Waals surface area contributed by atoms with Crippen molar-refractivity contribution in [2.45, 2.75) is 6.92 Å². The summed E-state index contributed by atoms with van der Waals surface area (Å²) < 4.78 is 0. The molecule has 3 rings (SSSR count). The second-order valence-corrected chi connectivity index (χ2v) is 6.09. The lowest BCUT2D eigenvalue weighted by atomic mass is 10.1. The average Bonchev–Trinajstić information content (AvgIpc) is 2.58. The van der Waals surface area contributed by atoms with Crippen molar-refractivity contribution in [3.63, 3.8) is 0 Å². The second-order valence-electron chi connectivity index (χ2n) is 5.27. The van der Waals surface area contributed by atoms with Gasteiger partial charge in [0.05, 0.1) is 11.2 Å². The Balaban J connectivity index is 1.86. The van der Waals surface area contributed by atoms with Gasteiger partial charge < -0.3 is 5.32 Å². The highest BCUT2D eigenvalue weighted by Gasteiger charge is 2.08. The topological polar surface area (TPSA) is 42.0 Å². The van der Waals surface area contributed by atoms with Crippen molar-refractivity contribution in [3.05, 3.63) is 75.9 Å². The highest BCUT2D eigenvalue weighted by Crippen LogP contribution is 2.28. The quantitative estimate of drug-likeness (QED) is 0.629. The molecule has 1 amide bonds. The van der Waals surface area contributed by atoms with Crippen LogP contribution in [0.1, 0.15) is 11.1 Å². The van der Waals surface area contributed by atoms with Crippen LogP contribution in [0.3, 0.4) is 0 Å². The molecular weight excluding hydrogens is 343 g/mol. The molecule has 0 aliphatic heterocycles. The Morgan fingerprint density at radius 3 is 2.67 bits per heavy atom. The van der Waals surface area contributed by atoms with Crippen molar-refractivity contribution in [3.8, 4) is 0 Å². The van der Waals surface area contributed by atoms with Crippen LogP contribution in [0.5, 0.6) is 0 Å². The Labute approximate surface area is 149 Å². The number of rotatable bonds is 3. The lowest BCUT2D eigenvalue weighted by molar-refractivity contribution is -0.111. The van der Waals surface area contributed by atoms with Crippen LogP contribution >= 0.6 is 23.2 Å². The Kier molecular flexibility index (Phi) is 4.84. The fraction of sp³-hybridized carbons (Fsp3) is 0.0526. The molecule has 0 atom stereocenters. The number of pyridine rings is 1. The van der Waals surface area contributed by atoms with Crippen molar-refractivity contribution in [1.82, 2.24) is 4.98 Å². The molecule has 0 aliphatic carbocycles. The number of nitrogens with zero attached hydrogens (tertiary/aromatic N) is 1. The maximum Gasteiger partial charge on any atom is 0.248 e. The lowest BCUT2D eigenvalue weighted by Crippen LogP contribution is -2.08. The number of carbonyl (C=O) groups excluding carboxylic acids is 1.